The van der Waals surface area contributed by atoms with Gasteiger partial charge in [0.1, 0.15) is 0 Å². The first-order valence-electron chi connectivity index (χ1n) is 8.20. The van der Waals surface area contributed by atoms with Crippen molar-refractivity contribution in [1.29, 1.82) is 0 Å². The monoisotopic (exact) mass is 342 g/mol. The molecule has 1 unspecified atom stereocenters. The molecule has 1 atom stereocenters. The molecular weight excluding hydrogens is 320 g/mol. The fourth-order valence-electron chi connectivity index (χ4n) is 3.42. The molecule has 0 aliphatic carbocycles. The summed E-state index contributed by atoms with van der Waals surface area (Å²) < 4.78 is 0. The van der Waals surface area contributed by atoms with E-state index in [9.17, 15) is 14.7 Å². The molecule has 0 saturated carbocycles. The molecule has 7 heteroatoms. The van der Waals surface area contributed by atoms with Crippen LogP contribution in [0.3, 0.4) is 0 Å². The van der Waals surface area contributed by atoms with E-state index < -0.39 is 6.09 Å². The van der Waals surface area contributed by atoms with E-state index in [1.54, 1.807) is 0 Å². The molecule has 1 aromatic heterocycles. The Morgan fingerprint density at radius 3 is 2.72 bits per heavy atom. The van der Waals surface area contributed by atoms with Crippen LogP contribution in [-0.2, 0) is 6.42 Å². The number of amides is 2. The zero-order valence-corrected chi connectivity index (χ0v) is 14.5. The Morgan fingerprint density at radius 2 is 2.12 bits per heavy atom. The lowest BCUT2D eigenvalue weighted by Gasteiger charge is -2.43. The lowest BCUT2D eigenvalue weighted by Crippen LogP contribution is -2.44. The molecule has 0 radical (unpaired) electrons. The van der Waals surface area contributed by atoms with E-state index in [1.807, 2.05) is 39.0 Å². The molecule has 1 aliphatic heterocycles. The van der Waals surface area contributed by atoms with Gasteiger partial charge in [0, 0.05) is 18.4 Å². The van der Waals surface area contributed by atoms with Crippen molar-refractivity contribution in [2.75, 3.05) is 11.9 Å². The molecule has 0 spiro atoms. The fourth-order valence-corrected chi connectivity index (χ4v) is 3.42. The first-order valence-corrected chi connectivity index (χ1v) is 8.20. The molecule has 7 nitrogen and oxygen atoms in total. The van der Waals surface area contributed by atoms with E-state index in [0.29, 0.717) is 24.2 Å². The second kappa shape index (κ2) is 6.23. The van der Waals surface area contributed by atoms with Crippen LogP contribution in [0.5, 0.6) is 0 Å². The number of anilines is 1. The first kappa shape index (κ1) is 17.0. The first-order chi connectivity index (χ1) is 11.8. The summed E-state index contributed by atoms with van der Waals surface area (Å²) >= 11 is 0. The normalized spacial score (nSPS) is 17.1. The highest BCUT2D eigenvalue weighted by atomic mass is 16.4. The Bertz CT molecular complexity index is 793. The van der Waals surface area contributed by atoms with Crippen LogP contribution in [0.15, 0.2) is 30.6 Å². The molecule has 1 aromatic carbocycles. The van der Waals surface area contributed by atoms with Gasteiger partial charge in [-0.1, -0.05) is 26.8 Å². The summed E-state index contributed by atoms with van der Waals surface area (Å²) in [7, 11) is 0. The van der Waals surface area contributed by atoms with E-state index in [1.165, 1.54) is 17.3 Å². The predicted molar refractivity (Wildman–Crippen MR) is 93.6 cm³/mol. The third kappa shape index (κ3) is 3.35. The molecule has 25 heavy (non-hydrogen) atoms. The lowest BCUT2D eigenvalue weighted by atomic mass is 9.77. The summed E-state index contributed by atoms with van der Waals surface area (Å²) in [4.78, 5) is 25.3. The number of benzene rings is 1. The molecule has 1 aliphatic rings. The topological polar surface area (TPSA) is 98.3 Å². The minimum atomic E-state index is -0.900. The largest absolute Gasteiger partial charge is 0.465 e. The molecule has 2 amide bonds. The van der Waals surface area contributed by atoms with Gasteiger partial charge in [-0.2, -0.15) is 5.10 Å². The second-order valence-corrected chi connectivity index (χ2v) is 7.35. The van der Waals surface area contributed by atoms with Crippen molar-refractivity contribution < 1.29 is 14.7 Å². The van der Waals surface area contributed by atoms with Gasteiger partial charge in [-0.05, 0) is 35.1 Å². The summed E-state index contributed by atoms with van der Waals surface area (Å²) in [5, 5.41) is 18.8. The van der Waals surface area contributed by atoms with Gasteiger partial charge in [0.2, 0.25) is 0 Å². The Morgan fingerprint density at radius 1 is 1.36 bits per heavy atom. The molecule has 0 bridgehead atoms. The van der Waals surface area contributed by atoms with Gasteiger partial charge in [0.25, 0.3) is 5.91 Å². The zero-order chi connectivity index (χ0) is 18.2. The van der Waals surface area contributed by atoms with Crippen LogP contribution >= 0.6 is 0 Å². The smallest absolute Gasteiger partial charge is 0.407 e. The molecule has 3 rings (SSSR count). The highest BCUT2D eigenvalue weighted by Gasteiger charge is 2.38. The molecule has 2 heterocycles. The Hall–Kier alpha value is -2.83. The number of hydrogen-bond acceptors (Lipinski definition) is 3. The van der Waals surface area contributed by atoms with E-state index >= 15 is 0 Å². The van der Waals surface area contributed by atoms with Crippen molar-refractivity contribution in [3.63, 3.8) is 0 Å². The summed E-state index contributed by atoms with van der Waals surface area (Å²) in [5.41, 5.74) is 3.00. The Balaban J connectivity index is 1.90. The number of nitrogens with zero attached hydrogens (tertiary/aromatic N) is 2. The van der Waals surface area contributed by atoms with E-state index in [-0.39, 0.29) is 17.4 Å². The maximum Gasteiger partial charge on any atom is 0.407 e. The number of aromatic nitrogens is 2. The van der Waals surface area contributed by atoms with Crippen molar-refractivity contribution in [2.24, 2.45) is 5.41 Å². The predicted octanol–water partition coefficient (Wildman–Crippen LogP) is 3.29. The molecular formula is C18H22N4O3. The Labute approximate surface area is 146 Å². The van der Waals surface area contributed by atoms with Crippen LogP contribution in [0, 0.1) is 5.41 Å². The third-order valence-corrected chi connectivity index (χ3v) is 4.46. The van der Waals surface area contributed by atoms with Gasteiger partial charge in [0.05, 0.1) is 17.8 Å². The van der Waals surface area contributed by atoms with Crippen LogP contribution in [0.4, 0.5) is 10.5 Å². The van der Waals surface area contributed by atoms with Crippen molar-refractivity contribution >= 4 is 17.7 Å². The van der Waals surface area contributed by atoms with E-state index in [2.05, 4.69) is 15.5 Å². The number of carboxylic acid groups (broad SMARTS) is 1. The summed E-state index contributed by atoms with van der Waals surface area (Å²) in [5.74, 6) is -0.232. The van der Waals surface area contributed by atoms with E-state index in [0.717, 1.165) is 11.1 Å². The maximum atomic E-state index is 12.2. The summed E-state index contributed by atoms with van der Waals surface area (Å²) in [6.07, 6.45) is 2.73. The molecule has 0 fully saturated rings. The average Bonchev–Trinajstić information content (AvgIpc) is 3.07. The standard InChI is InChI=1S/C18H22N4O3/c1-18(2,3)15-14-5-4-13(21-16(23)12-9-19-20-10-12)8-11(14)6-7-22(15)17(24)25/h4-5,8-10,15H,6-7H2,1-3H3,(H,19,20)(H,21,23)(H,24,25). The SMILES string of the molecule is CC(C)(C)C1c2ccc(NC(=O)c3cn[nH]c3)cc2CCN1C(=O)O. The number of hydrogen-bond donors (Lipinski definition) is 3. The highest BCUT2D eigenvalue weighted by molar-refractivity contribution is 6.03. The molecule has 3 N–H and O–H groups in total. The van der Waals surface area contributed by atoms with Crippen LogP contribution in [0.1, 0.15) is 48.3 Å². The van der Waals surface area contributed by atoms with Crippen molar-refractivity contribution in [3.05, 3.63) is 47.3 Å². The van der Waals surface area contributed by atoms with Gasteiger partial charge in [0.15, 0.2) is 0 Å². The van der Waals surface area contributed by atoms with Crippen molar-refractivity contribution in [3.8, 4) is 0 Å². The quantitative estimate of drug-likeness (QED) is 0.780. The maximum absolute atomic E-state index is 12.2. The van der Waals surface area contributed by atoms with Crippen LogP contribution in [0.25, 0.3) is 0 Å². The minimum absolute atomic E-state index is 0.215. The van der Waals surface area contributed by atoms with Gasteiger partial charge in [-0.3, -0.25) is 9.89 Å². The zero-order valence-electron chi connectivity index (χ0n) is 14.5. The Kier molecular flexibility index (Phi) is 4.24. The van der Waals surface area contributed by atoms with E-state index in [4.69, 9.17) is 0 Å². The summed E-state index contributed by atoms with van der Waals surface area (Å²) in [6.45, 7) is 6.56. The van der Waals surface area contributed by atoms with Crippen molar-refractivity contribution in [2.45, 2.75) is 33.2 Å². The van der Waals surface area contributed by atoms with Gasteiger partial charge in [-0.25, -0.2) is 4.79 Å². The van der Waals surface area contributed by atoms with Crippen molar-refractivity contribution in [1.82, 2.24) is 15.1 Å². The number of nitrogens with one attached hydrogen (secondary N) is 2. The number of carbonyl (C=O) groups is 2. The number of rotatable bonds is 2. The summed E-state index contributed by atoms with van der Waals surface area (Å²) in [6, 6.07) is 5.46. The fraction of sp³-hybridized carbons (Fsp3) is 0.389. The lowest BCUT2D eigenvalue weighted by molar-refractivity contribution is 0.0759. The van der Waals surface area contributed by atoms with Crippen LogP contribution < -0.4 is 5.32 Å². The van der Waals surface area contributed by atoms with Gasteiger partial charge in [-0.15, -0.1) is 0 Å². The average molecular weight is 342 g/mol. The number of aromatic amines is 1. The second-order valence-electron chi connectivity index (χ2n) is 7.35. The number of fused-ring (bicyclic) bond motifs is 1. The van der Waals surface area contributed by atoms with Gasteiger partial charge < -0.3 is 15.3 Å². The molecule has 0 saturated heterocycles. The van der Waals surface area contributed by atoms with Crippen LogP contribution in [0.2, 0.25) is 0 Å². The number of carbonyl (C=O) groups excluding carboxylic acids is 1. The molecule has 132 valence electrons. The molecule has 2 aromatic rings. The third-order valence-electron chi connectivity index (χ3n) is 4.46. The highest BCUT2D eigenvalue weighted by Crippen LogP contribution is 2.42. The number of H-pyrrole nitrogens is 1. The van der Waals surface area contributed by atoms with Crippen LogP contribution in [-0.4, -0.2) is 38.7 Å². The minimum Gasteiger partial charge on any atom is -0.465 e. The van der Waals surface area contributed by atoms with Gasteiger partial charge >= 0.3 is 6.09 Å².